The van der Waals surface area contributed by atoms with Crippen LogP contribution in [0.5, 0.6) is 0 Å². The number of amides is 1. The van der Waals surface area contributed by atoms with Crippen LogP contribution in [0.1, 0.15) is 10.4 Å². The maximum absolute atomic E-state index is 11.9. The van der Waals surface area contributed by atoms with Crippen molar-refractivity contribution in [2.75, 3.05) is 6.54 Å². The average Bonchev–Trinajstić information content (AvgIpc) is 2.25. The summed E-state index contributed by atoms with van der Waals surface area (Å²) in [7, 11) is 0. The minimum atomic E-state index is -2.87. The SMILES string of the molecule is O=C(NCC(O)C(F)F)c1ccnc(Br)c1. The summed E-state index contributed by atoms with van der Waals surface area (Å²) in [6, 6.07) is 2.89. The van der Waals surface area contributed by atoms with Crippen LogP contribution in [0.3, 0.4) is 0 Å². The summed E-state index contributed by atoms with van der Waals surface area (Å²) < 4.78 is 24.3. The summed E-state index contributed by atoms with van der Waals surface area (Å²) in [5.41, 5.74) is 0.281. The molecule has 7 heteroatoms. The van der Waals surface area contributed by atoms with E-state index in [0.29, 0.717) is 4.60 Å². The predicted octanol–water partition coefficient (Wildman–Crippen LogP) is 1.20. The van der Waals surface area contributed by atoms with E-state index in [4.69, 9.17) is 5.11 Å². The Morgan fingerprint density at radius 2 is 2.31 bits per heavy atom. The number of carbonyl (C=O) groups is 1. The first-order valence-corrected chi connectivity index (χ1v) is 5.16. The molecular formula is C9H9BrF2N2O2. The molecular weight excluding hydrogens is 286 g/mol. The number of aliphatic hydroxyl groups is 1. The van der Waals surface area contributed by atoms with Crippen molar-refractivity contribution in [3.63, 3.8) is 0 Å². The highest BCUT2D eigenvalue weighted by molar-refractivity contribution is 9.10. The zero-order chi connectivity index (χ0) is 12.1. The molecule has 0 spiro atoms. The van der Waals surface area contributed by atoms with Crippen molar-refractivity contribution in [3.05, 3.63) is 28.5 Å². The van der Waals surface area contributed by atoms with Crippen molar-refractivity contribution < 1.29 is 18.7 Å². The number of pyridine rings is 1. The number of halogens is 3. The summed E-state index contributed by atoms with van der Waals surface area (Å²) >= 11 is 3.07. The molecule has 2 N–H and O–H groups in total. The molecule has 4 nitrogen and oxygen atoms in total. The molecule has 0 aliphatic carbocycles. The first kappa shape index (κ1) is 13.0. The highest BCUT2D eigenvalue weighted by Gasteiger charge is 2.17. The molecule has 0 saturated carbocycles. The number of carbonyl (C=O) groups excluding carboxylic acids is 1. The lowest BCUT2D eigenvalue weighted by Gasteiger charge is -2.10. The van der Waals surface area contributed by atoms with Crippen molar-refractivity contribution in [1.29, 1.82) is 0 Å². The van der Waals surface area contributed by atoms with Gasteiger partial charge in [-0.1, -0.05) is 0 Å². The number of hydrogen-bond donors (Lipinski definition) is 2. The van der Waals surface area contributed by atoms with E-state index in [-0.39, 0.29) is 5.56 Å². The second-order valence-electron chi connectivity index (χ2n) is 2.98. The Balaban J connectivity index is 2.53. The van der Waals surface area contributed by atoms with Gasteiger partial charge < -0.3 is 10.4 Å². The third kappa shape index (κ3) is 3.82. The molecule has 16 heavy (non-hydrogen) atoms. The van der Waals surface area contributed by atoms with Crippen LogP contribution in [-0.2, 0) is 0 Å². The molecule has 1 heterocycles. The molecule has 0 aromatic carbocycles. The Labute approximate surface area is 98.8 Å². The van der Waals surface area contributed by atoms with Crippen LogP contribution < -0.4 is 5.32 Å². The fourth-order valence-corrected chi connectivity index (χ4v) is 1.30. The number of alkyl halides is 2. The second-order valence-corrected chi connectivity index (χ2v) is 3.79. The second kappa shape index (κ2) is 5.86. The minimum absolute atomic E-state index is 0.281. The van der Waals surface area contributed by atoms with Crippen molar-refractivity contribution in [2.24, 2.45) is 0 Å². The van der Waals surface area contributed by atoms with Crippen molar-refractivity contribution in [1.82, 2.24) is 10.3 Å². The molecule has 0 aliphatic rings. The quantitative estimate of drug-likeness (QED) is 0.821. The van der Waals surface area contributed by atoms with Gasteiger partial charge in [0.05, 0.1) is 0 Å². The smallest absolute Gasteiger partial charge is 0.265 e. The molecule has 1 aromatic rings. The van der Waals surface area contributed by atoms with Gasteiger partial charge in [0.25, 0.3) is 12.3 Å². The monoisotopic (exact) mass is 294 g/mol. The van der Waals surface area contributed by atoms with Crippen LogP contribution in [0, 0.1) is 0 Å². The predicted molar refractivity (Wildman–Crippen MR) is 56.3 cm³/mol. The molecule has 1 unspecified atom stereocenters. The third-order valence-electron chi connectivity index (χ3n) is 1.75. The highest BCUT2D eigenvalue weighted by atomic mass is 79.9. The maximum atomic E-state index is 11.9. The fraction of sp³-hybridized carbons (Fsp3) is 0.333. The number of rotatable bonds is 4. The number of nitrogens with zero attached hydrogens (tertiary/aromatic N) is 1. The molecule has 1 atom stereocenters. The van der Waals surface area contributed by atoms with Crippen molar-refractivity contribution in [2.45, 2.75) is 12.5 Å². The van der Waals surface area contributed by atoms with Gasteiger partial charge in [-0.25, -0.2) is 13.8 Å². The summed E-state index contributed by atoms with van der Waals surface area (Å²) in [6.45, 7) is -0.490. The van der Waals surface area contributed by atoms with Crippen molar-refractivity contribution >= 4 is 21.8 Å². The zero-order valence-corrected chi connectivity index (χ0v) is 9.62. The molecule has 88 valence electrons. The Morgan fingerprint density at radius 3 is 2.88 bits per heavy atom. The van der Waals surface area contributed by atoms with Gasteiger partial charge >= 0.3 is 0 Å². The average molecular weight is 295 g/mol. The van der Waals surface area contributed by atoms with Crippen LogP contribution in [-0.4, -0.2) is 35.1 Å². The third-order valence-corrected chi connectivity index (χ3v) is 2.19. The topological polar surface area (TPSA) is 62.2 Å². The lowest BCUT2D eigenvalue weighted by Crippen LogP contribution is -2.35. The van der Waals surface area contributed by atoms with E-state index < -0.39 is 25.0 Å². The zero-order valence-electron chi connectivity index (χ0n) is 8.03. The lowest BCUT2D eigenvalue weighted by atomic mass is 10.2. The Kier molecular flexibility index (Phi) is 4.75. The standard InChI is InChI=1S/C9H9BrF2N2O2/c10-7-3-5(1-2-13-7)9(16)14-4-6(15)8(11)12/h1-3,6,8,15H,4H2,(H,14,16). The molecule has 1 rings (SSSR count). The van der Waals surface area contributed by atoms with Crippen LogP contribution in [0.25, 0.3) is 0 Å². The van der Waals surface area contributed by atoms with E-state index in [0.717, 1.165) is 0 Å². The highest BCUT2D eigenvalue weighted by Crippen LogP contribution is 2.08. The van der Waals surface area contributed by atoms with Gasteiger partial charge in [0, 0.05) is 18.3 Å². The number of hydrogen-bond acceptors (Lipinski definition) is 3. The van der Waals surface area contributed by atoms with Gasteiger partial charge in [-0.05, 0) is 28.1 Å². The summed E-state index contributed by atoms with van der Waals surface area (Å²) in [5.74, 6) is -0.539. The minimum Gasteiger partial charge on any atom is -0.385 e. The van der Waals surface area contributed by atoms with E-state index in [1.165, 1.54) is 18.3 Å². The van der Waals surface area contributed by atoms with E-state index in [2.05, 4.69) is 26.2 Å². The Hall–Kier alpha value is -1.08. The van der Waals surface area contributed by atoms with Crippen LogP contribution >= 0.6 is 15.9 Å². The fourth-order valence-electron chi connectivity index (χ4n) is 0.932. The number of aromatic nitrogens is 1. The van der Waals surface area contributed by atoms with E-state index in [1.807, 2.05) is 0 Å². The van der Waals surface area contributed by atoms with E-state index in [1.54, 1.807) is 0 Å². The Morgan fingerprint density at radius 1 is 1.62 bits per heavy atom. The summed E-state index contributed by atoms with van der Waals surface area (Å²) in [4.78, 5) is 15.2. The molecule has 0 saturated heterocycles. The van der Waals surface area contributed by atoms with E-state index >= 15 is 0 Å². The van der Waals surface area contributed by atoms with Crippen LogP contribution in [0.15, 0.2) is 22.9 Å². The number of nitrogens with one attached hydrogen (secondary N) is 1. The molecule has 1 aromatic heterocycles. The summed E-state index contributed by atoms with van der Waals surface area (Å²) in [6.07, 6.45) is -3.32. The van der Waals surface area contributed by atoms with Crippen LogP contribution in [0.4, 0.5) is 8.78 Å². The molecule has 0 radical (unpaired) electrons. The van der Waals surface area contributed by atoms with Gasteiger partial charge in [-0.2, -0.15) is 0 Å². The van der Waals surface area contributed by atoms with Gasteiger partial charge in [-0.15, -0.1) is 0 Å². The van der Waals surface area contributed by atoms with Gasteiger partial charge in [0.2, 0.25) is 0 Å². The molecule has 0 bridgehead atoms. The number of aliphatic hydroxyl groups excluding tert-OH is 1. The maximum Gasteiger partial charge on any atom is 0.265 e. The first-order valence-electron chi connectivity index (χ1n) is 4.36. The molecule has 0 fully saturated rings. The largest absolute Gasteiger partial charge is 0.385 e. The van der Waals surface area contributed by atoms with Crippen molar-refractivity contribution in [3.8, 4) is 0 Å². The van der Waals surface area contributed by atoms with Gasteiger partial charge in [0.1, 0.15) is 10.7 Å². The van der Waals surface area contributed by atoms with Gasteiger partial charge in [0.15, 0.2) is 0 Å². The Bertz CT molecular complexity index is 376. The lowest BCUT2D eigenvalue weighted by molar-refractivity contribution is -0.00270. The van der Waals surface area contributed by atoms with E-state index in [9.17, 15) is 13.6 Å². The van der Waals surface area contributed by atoms with Gasteiger partial charge in [-0.3, -0.25) is 4.79 Å². The summed E-state index contributed by atoms with van der Waals surface area (Å²) in [5, 5.41) is 11.0. The normalized spacial score (nSPS) is 12.6. The van der Waals surface area contributed by atoms with Crippen LogP contribution in [0.2, 0.25) is 0 Å². The molecule has 0 aliphatic heterocycles. The first-order chi connectivity index (χ1) is 7.50. The molecule has 1 amide bonds.